The van der Waals surface area contributed by atoms with Crippen molar-refractivity contribution < 1.29 is 23.3 Å². The molecule has 7 heteroatoms. The highest BCUT2D eigenvalue weighted by molar-refractivity contribution is 9.10. The summed E-state index contributed by atoms with van der Waals surface area (Å²) in [4.78, 5) is 12.3. The van der Waals surface area contributed by atoms with Gasteiger partial charge in [0.2, 0.25) is 0 Å². The van der Waals surface area contributed by atoms with E-state index in [2.05, 4.69) is 21.2 Å². The highest BCUT2D eigenvalue weighted by atomic mass is 79.9. The summed E-state index contributed by atoms with van der Waals surface area (Å²) in [6.07, 6.45) is 0.790. The van der Waals surface area contributed by atoms with E-state index in [-0.39, 0.29) is 11.7 Å². The maximum Gasteiger partial charge on any atom is 0.282 e. The summed E-state index contributed by atoms with van der Waals surface area (Å²) in [5.41, 5.74) is 0.685. The third kappa shape index (κ3) is 4.83. The molecule has 2 atom stereocenters. The molecule has 0 aromatic heterocycles. The summed E-state index contributed by atoms with van der Waals surface area (Å²) in [7, 11) is 0. The van der Waals surface area contributed by atoms with Crippen LogP contribution in [0, 0.1) is 17.5 Å². The minimum atomic E-state index is -1.60. The van der Waals surface area contributed by atoms with Gasteiger partial charge in [0.25, 0.3) is 5.91 Å². The molecule has 0 bridgehead atoms. The molecule has 0 aliphatic heterocycles. The molecule has 0 aliphatic carbocycles. The van der Waals surface area contributed by atoms with E-state index in [9.17, 15) is 18.0 Å². The van der Waals surface area contributed by atoms with Gasteiger partial charge in [-0.2, -0.15) is 0 Å². The van der Waals surface area contributed by atoms with Crippen LogP contribution < -0.4 is 10.6 Å². The van der Waals surface area contributed by atoms with Crippen molar-refractivity contribution in [2.45, 2.75) is 32.4 Å². The second-order valence-corrected chi connectivity index (χ2v) is 6.68. The van der Waals surface area contributed by atoms with E-state index in [1.807, 2.05) is 36.5 Å². The first-order chi connectivity index (χ1) is 11.8. The number of benzene rings is 2. The van der Waals surface area contributed by atoms with Crippen LogP contribution in [-0.4, -0.2) is 11.9 Å². The Morgan fingerprint density at radius 2 is 1.76 bits per heavy atom. The lowest BCUT2D eigenvalue weighted by atomic mass is 10.0. The minimum Gasteiger partial charge on any atom is -0.330 e. The van der Waals surface area contributed by atoms with Crippen LogP contribution in [0.25, 0.3) is 0 Å². The Morgan fingerprint density at radius 1 is 1.12 bits per heavy atom. The predicted molar refractivity (Wildman–Crippen MR) is 93.5 cm³/mol. The summed E-state index contributed by atoms with van der Waals surface area (Å²) in [6, 6.07) is 9.07. The van der Waals surface area contributed by atoms with E-state index in [0.29, 0.717) is 0 Å². The highest BCUT2D eigenvalue weighted by Gasteiger charge is 2.24. The van der Waals surface area contributed by atoms with Crippen molar-refractivity contribution in [1.82, 2.24) is 0 Å². The van der Waals surface area contributed by atoms with Gasteiger partial charge in [-0.25, -0.2) is 13.2 Å². The maximum absolute atomic E-state index is 13.7. The van der Waals surface area contributed by atoms with E-state index in [1.165, 1.54) is 0 Å². The van der Waals surface area contributed by atoms with Crippen LogP contribution in [0.5, 0.6) is 0 Å². The summed E-state index contributed by atoms with van der Waals surface area (Å²) >= 11 is 3.38. The Labute approximate surface area is 152 Å². The third-order valence-electron chi connectivity index (χ3n) is 3.97. The highest BCUT2D eigenvalue weighted by Crippen LogP contribution is 2.20. The number of halogens is 4. The topological polar surface area (TPSA) is 45.7 Å². The zero-order valence-corrected chi connectivity index (χ0v) is 15.4. The zero-order chi connectivity index (χ0) is 18.6. The molecule has 0 spiro atoms. The number of hydrogen-bond acceptors (Lipinski definition) is 1. The second kappa shape index (κ2) is 8.49. The summed E-state index contributed by atoms with van der Waals surface area (Å²) < 4.78 is 40.8. The lowest BCUT2D eigenvalue weighted by molar-refractivity contribution is -0.713. The van der Waals surface area contributed by atoms with Crippen LogP contribution in [0.1, 0.15) is 31.9 Å². The lowest BCUT2D eigenvalue weighted by Crippen LogP contribution is -2.92. The molecule has 3 nitrogen and oxygen atoms in total. The molecule has 0 heterocycles. The fraction of sp³-hybridized carbons (Fsp3) is 0.278. The fourth-order valence-corrected chi connectivity index (χ4v) is 2.76. The monoisotopic (exact) mass is 415 g/mol. The SMILES string of the molecule is CC[C@H]([NH2+][C@@H](C)C(=O)Nc1ccc(F)c(F)c1F)c1ccc(Br)cc1. The van der Waals surface area contributed by atoms with Gasteiger partial charge in [-0.1, -0.05) is 35.0 Å². The van der Waals surface area contributed by atoms with E-state index < -0.39 is 29.4 Å². The Balaban J connectivity index is 2.06. The van der Waals surface area contributed by atoms with Crippen molar-refractivity contribution in [3.05, 3.63) is 63.9 Å². The fourth-order valence-electron chi connectivity index (χ4n) is 2.50. The second-order valence-electron chi connectivity index (χ2n) is 5.76. The number of hydrogen-bond donors (Lipinski definition) is 2. The number of nitrogens with two attached hydrogens (primary N) is 1. The molecule has 134 valence electrons. The summed E-state index contributed by atoms with van der Waals surface area (Å²) in [6.45, 7) is 3.68. The Kier molecular flexibility index (Phi) is 6.61. The molecule has 3 N–H and O–H groups in total. The number of amides is 1. The minimum absolute atomic E-state index is 0.0450. The van der Waals surface area contributed by atoms with Crippen molar-refractivity contribution in [2.75, 3.05) is 5.32 Å². The number of rotatable bonds is 6. The molecular weight excluding hydrogens is 397 g/mol. The molecule has 0 saturated carbocycles. The molecule has 0 saturated heterocycles. The van der Waals surface area contributed by atoms with Crippen LogP contribution in [0.2, 0.25) is 0 Å². The van der Waals surface area contributed by atoms with Gasteiger partial charge in [0, 0.05) is 16.5 Å². The molecule has 2 aromatic carbocycles. The van der Waals surface area contributed by atoms with Gasteiger partial charge in [-0.15, -0.1) is 0 Å². The Hall–Kier alpha value is -1.86. The molecule has 25 heavy (non-hydrogen) atoms. The third-order valence-corrected chi connectivity index (χ3v) is 4.49. The van der Waals surface area contributed by atoms with Crippen molar-refractivity contribution in [1.29, 1.82) is 0 Å². The van der Waals surface area contributed by atoms with Gasteiger partial charge in [0.1, 0.15) is 6.04 Å². The molecular formula is C18H19BrF3N2O+. The van der Waals surface area contributed by atoms with Crippen LogP contribution in [0.15, 0.2) is 40.9 Å². The molecule has 0 aliphatic rings. The van der Waals surface area contributed by atoms with E-state index >= 15 is 0 Å². The van der Waals surface area contributed by atoms with E-state index in [1.54, 1.807) is 6.92 Å². The molecule has 0 radical (unpaired) electrons. The summed E-state index contributed by atoms with van der Waals surface area (Å²) in [5, 5.41) is 4.17. The molecule has 1 amide bonds. The van der Waals surface area contributed by atoms with Crippen molar-refractivity contribution in [3.8, 4) is 0 Å². The maximum atomic E-state index is 13.7. The molecule has 0 unspecified atom stereocenters. The van der Waals surface area contributed by atoms with Crippen LogP contribution in [0.3, 0.4) is 0 Å². The standard InChI is InChI=1S/C18H18BrF3N2O/c1-3-14(11-4-6-12(19)7-5-11)23-10(2)18(25)24-15-9-8-13(20)16(21)17(15)22/h4-10,14,23H,3H2,1-2H3,(H,24,25)/p+1/t10-,14-/m0/s1. The number of anilines is 1. The smallest absolute Gasteiger partial charge is 0.282 e. The molecule has 2 rings (SSSR count). The van der Waals surface area contributed by atoms with Gasteiger partial charge < -0.3 is 10.6 Å². The van der Waals surface area contributed by atoms with E-state index in [0.717, 1.165) is 28.6 Å². The first-order valence-electron chi connectivity index (χ1n) is 7.88. The van der Waals surface area contributed by atoms with Crippen molar-refractivity contribution in [2.24, 2.45) is 0 Å². The van der Waals surface area contributed by atoms with Crippen LogP contribution >= 0.6 is 15.9 Å². The van der Waals surface area contributed by atoms with Gasteiger partial charge in [-0.3, -0.25) is 4.79 Å². The average molecular weight is 416 g/mol. The van der Waals surface area contributed by atoms with Gasteiger partial charge in [0.15, 0.2) is 23.5 Å². The van der Waals surface area contributed by atoms with Crippen molar-refractivity contribution >= 4 is 27.5 Å². The first kappa shape index (κ1) is 19.5. The number of carbonyl (C=O) groups is 1. The first-order valence-corrected chi connectivity index (χ1v) is 8.67. The van der Waals surface area contributed by atoms with E-state index in [4.69, 9.17) is 0 Å². The Morgan fingerprint density at radius 3 is 2.36 bits per heavy atom. The van der Waals surface area contributed by atoms with Crippen molar-refractivity contribution in [3.63, 3.8) is 0 Å². The molecule has 2 aromatic rings. The zero-order valence-electron chi connectivity index (χ0n) is 13.8. The Bertz CT molecular complexity index is 753. The van der Waals surface area contributed by atoms with Gasteiger partial charge in [0.05, 0.1) is 5.69 Å². The molecule has 0 fully saturated rings. The van der Waals surface area contributed by atoms with Gasteiger partial charge >= 0.3 is 0 Å². The number of carbonyl (C=O) groups excluding carboxylic acids is 1. The average Bonchev–Trinajstić information content (AvgIpc) is 2.60. The van der Waals surface area contributed by atoms with Gasteiger partial charge in [-0.05, 0) is 31.2 Å². The summed E-state index contributed by atoms with van der Waals surface area (Å²) in [5.74, 6) is -4.78. The van der Waals surface area contributed by atoms with Crippen LogP contribution in [0.4, 0.5) is 18.9 Å². The normalized spacial score (nSPS) is 13.4. The number of nitrogens with one attached hydrogen (secondary N) is 1. The largest absolute Gasteiger partial charge is 0.330 e. The van der Waals surface area contributed by atoms with Crippen LogP contribution in [-0.2, 0) is 4.79 Å². The quantitative estimate of drug-likeness (QED) is 0.690. The number of quaternary nitrogens is 1. The predicted octanol–water partition coefficient (Wildman–Crippen LogP) is 3.91. The lowest BCUT2D eigenvalue weighted by Gasteiger charge is -2.19.